The van der Waals surface area contributed by atoms with Gasteiger partial charge in [-0.1, -0.05) is 54.2 Å². The summed E-state index contributed by atoms with van der Waals surface area (Å²) in [5.41, 5.74) is 11.4. The molecule has 0 saturated carbocycles. The lowest BCUT2D eigenvalue weighted by Gasteiger charge is -2.12. The van der Waals surface area contributed by atoms with Gasteiger partial charge in [0.25, 0.3) is 0 Å². The number of hydrogen-bond donors (Lipinski definition) is 1. The van der Waals surface area contributed by atoms with Gasteiger partial charge in [0.15, 0.2) is 5.78 Å². The average molecular weight is 373 g/mol. The lowest BCUT2D eigenvalue weighted by molar-refractivity contribution is 0.101. The second-order valence-corrected chi connectivity index (χ2v) is 7.17. The number of Topliss-reactive ketones (excluding diaryl/α,β-unsaturated/α-hetero) is 1. The zero-order valence-electron chi connectivity index (χ0n) is 15.1. The first kappa shape index (κ1) is 18.7. The number of pyridine rings is 1. The molecular formula is C22H19N3OS. The van der Waals surface area contributed by atoms with Gasteiger partial charge in [-0.15, -0.1) is 0 Å². The maximum atomic E-state index is 11.5. The van der Waals surface area contributed by atoms with Crippen LogP contribution in [0.5, 0.6) is 0 Å². The molecule has 0 unspecified atom stereocenters. The molecule has 134 valence electrons. The minimum absolute atomic E-state index is 0.0244. The van der Waals surface area contributed by atoms with Crippen molar-refractivity contribution in [3.8, 4) is 0 Å². The van der Waals surface area contributed by atoms with Crippen molar-refractivity contribution in [2.45, 2.75) is 23.6 Å². The molecule has 4 nitrogen and oxygen atoms in total. The largest absolute Gasteiger partial charge is 0.295 e. The standard InChI is InChI=1S/C22H19N3OS/c1-15-21(12-20(13-24-15)27-19-6-4-3-5-7-19)22(14-25-23)18-10-8-17(9-11-18)16(2)26/h3-14,23H,1-2H3/b22-14-,25-23?. The zero-order chi connectivity index (χ0) is 19.2. The minimum Gasteiger partial charge on any atom is -0.295 e. The third kappa shape index (κ3) is 4.57. The Morgan fingerprint density at radius 1 is 1.04 bits per heavy atom. The van der Waals surface area contributed by atoms with Gasteiger partial charge in [0.2, 0.25) is 0 Å². The predicted molar refractivity (Wildman–Crippen MR) is 108 cm³/mol. The van der Waals surface area contributed by atoms with E-state index in [2.05, 4.69) is 28.3 Å². The zero-order valence-corrected chi connectivity index (χ0v) is 16.0. The third-order valence-electron chi connectivity index (χ3n) is 4.13. The van der Waals surface area contributed by atoms with Crippen LogP contribution in [0.3, 0.4) is 0 Å². The molecule has 27 heavy (non-hydrogen) atoms. The number of carbonyl (C=O) groups excluding carboxylic acids is 1. The Labute approximate surface area is 162 Å². The fourth-order valence-corrected chi connectivity index (χ4v) is 3.56. The van der Waals surface area contributed by atoms with Crippen molar-refractivity contribution in [2.75, 3.05) is 0 Å². The summed E-state index contributed by atoms with van der Waals surface area (Å²) in [6, 6.07) is 19.5. The van der Waals surface area contributed by atoms with Gasteiger partial charge in [0.05, 0.1) is 6.20 Å². The van der Waals surface area contributed by atoms with Crippen LogP contribution in [0, 0.1) is 12.5 Å². The maximum Gasteiger partial charge on any atom is 0.159 e. The summed E-state index contributed by atoms with van der Waals surface area (Å²) >= 11 is 1.64. The lowest BCUT2D eigenvalue weighted by atomic mass is 9.96. The molecule has 0 aliphatic heterocycles. The van der Waals surface area contributed by atoms with E-state index >= 15 is 0 Å². The summed E-state index contributed by atoms with van der Waals surface area (Å²) in [6.07, 6.45) is 3.37. The number of ketones is 1. The average Bonchev–Trinajstić information content (AvgIpc) is 2.69. The molecule has 5 heteroatoms. The van der Waals surface area contributed by atoms with Gasteiger partial charge < -0.3 is 0 Å². The second kappa shape index (κ2) is 8.56. The molecule has 0 radical (unpaired) electrons. The van der Waals surface area contributed by atoms with Crippen molar-refractivity contribution in [2.24, 2.45) is 5.11 Å². The number of carbonyl (C=O) groups is 1. The van der Waals surface area contributed by atoms with Crippen LogP contribution in [0.4, 0.5) is 0 Å². The van der Waals surface area contributed by atoms with Gasteiger partial charge in [-0.05, 0) is 37.6 Å². The highest BCUT2D eigenvalue weighted by atomic mass is 32.2. The number of nitrogens with one attached hydrogen (secondary N) is 1. The van der Waals surface area contributed by atoms with Crippen molar-refractivity contribution < 1.29 is 4.79 Å². The van der Waals surface area contributed by atoms with Gasteiger partial charge >= 0.3 is 0 Å². The number of benzene rings is 2. The van der Waals surface area contributed by atoms with Crippen molar-refractivity contribution in [3.63, 3.8) is 0 Å². The van der Waals surface area contributed by atoms with Crippen molar-refractivity contribution in [1.82, 2.24) is 4.98 Å². The van der Waals surface area contributed by atoms with Crippen molar-refractivity contribution >= 4 is 23.1 Å². The van der Waals surface area contributed by atoms with Gasteiger partial charge in [-0.25, -0.2) is 5.53 Å². The van der Waals surface area contributed by atoms with Crippen LogP contribution in [0.1, 0.15) is 34.1 Å². The van der Waals surface area contributed by atoms with Crippen LogP contribution in [-0.4, -0.2) is 10.8 Å². The Morgan fingerprint density at radius 3 is 2.33 bits per heavy atom. The van der Waals surface area contributed by atoms with E-state index in [4.69, 9.17) is 5.53 Å². The maximum absolute atomic E-state index is 11.5. The van der Waals surface area contributed by atoms with Crippen LogP contribution < -0.4 is 0 Å². The molecule has 0 saturated heterocycles. The molecule has 0 fully saturated rings. The fraction of sp³-hybridized carbons (Fsp3) is 0.0909. The van der Waals surface area contributed by atoms with Crippen LogP contribution in [0.25, 0.3) is 5.57 Å². The minimum atomic E-state index is 0.0244. The van der Waals surface area contributed by atoms with E-state index in [1.54, 1.807) is 30.8 Å². The monoisotopic (exact) mass is 373 g/mol. The Morgan fingerprint density at radius 2 is 1.70 bits per heavy atom. The van der Waals surface area contributed by atoms with E-state index in [1.165, 1.54) is 6.20 Å². The first-order valence-electron chi connectivity index (χ1n) is 8.46. The van der Waals surface area contributed by atoms with Gasteiger partial charge in [-0.2, -0.15) is 5.11 Å². The summed E-state index contributed by atoms with van der Waals surface area (Å²) in [7, 11) is 0. The number of aromatic nitrogens is 1. The molecule has 1 N–H and O–H groups in total. The van der Waals surface area contributed by atoms with Crippen molar-refractivity contribution in [3.05, 3.63) is 95.4 Å². The number of nitrogens with zero attached hydrogens (tertiary/aromatic N) is 2. The molecular weight excluding hydrogens is 354 g/mol. The molecule has 1 heterocycles. The fourth-order valence-electron chi connectivity index (χ4n) is 2.72. The second-order valence-electron chi connectivity index (χ2n) is 6.02. The summed E-state index contributed by atoms with van der Waals surface area (Å²) in [5.74, 6) is 0.0244. The first-order chi connectivity index (χ1) is 13.1. The molecule has 0 amide bonds. The molecule has 3 rings (SSSR count). The topological polar surface area (TPSA) is 66.2 Å². The quantitative estimate of drug-likeness (QED) is 0.415. The molecule has 1 aromatic heterocycles. The van der Waals surface area contributed by atoms with E-state index in [0.29, 0.717) is 5.56 Å². The normalized spacial score (nSPS) is 11.3. The van der Waals surface area contributed by atoms with E-state index in [-0.39, 0.29) is 5.78 Å². The Kier molecular flexibility index (Phi) is 5.94. The molecule has 0 bridgehead atoms. The predicted octanol–water partition coefficient (Wildman–Crippen LogP) is 6.16. The Hall–Kier alpha value is -3.05. The highest BCUT2D eigenvalue weighted by Crippen LogP contribution is 2.32. The molecule has 3 aromatic rings. The number of hydrogen-bond acceptors (Lipinski definition) is 5. The SMILES string of the molecule is CC(=O)c1ccc(/C(=C/N=N)c2cc(Sc3ccccc3)cnc2C)cc1. The van der Waals surface area contributed by atoms with Gasteiger partial charge in [0.1, 0.15) is 0 Å². The summed E-state index contributed by atoms with van der Waals surface area (Å²) in [4.78, 5) is 18.2. The van der Waals surface area contributed by atoms with Crippen LogP contribution in [-0.2, 0) is 0 Å². The third-order valence-corrected chi connectivity index (χ3v) is 5.09. The van der Waals surface area contributed by atoms with E-state index in [0.717, 1.165) is 32.2 Å². The van der Waals surface area contributed by atoms with Crippen molar-refractivity contribution in [1.29, 1.82) is 5.53 Å². The Balaban J connectivity index is 2.00. The molecule has 0 aliphatic rings. The number of rotatable bonds is 6. The smallest absolute Gasteiger partial charge is 0.159 e. The van der Waals surface area contributed by atoms with Crippen LogP contribution in [0.2, 0.25) is 0 Å². The van der Waals surface area contributed by atoms with Crippen LogP contribution >= 0.6 is 11.8 Å². The van der Waals surface area contributed by atoms with Crippen LogP contribution in [0.15, 0.2) is 88.0 Å². The number of aryl methyl sites for hydroxylation is 1. The van der Waals surface area contributed by atoms with E-state index in [9.17, 15) is 4.79 Å². The molecule has 0 aliphatic carbocycles. The highest BCUT2D eigenvalue weighted by molar-refractivity contribution is 7.99. The molecule has 0 spiro atoms. The highest BCUT2D eigenvalue weighted by Gasteiger charge is 2.12. The molecule has 0 atom stereocenters. The first-order valence-corrected chi connectivity index (χ1v) is 9.28. The summed E-state index contributed by atoms with van der Waals surface area (Å²) in [5, 5.41) is 3.49. The summed E-state index contributed by atoms with van der Waals surface area (Å²) < 4.78 is 0. The van der Waals surface area contributed by atoms with E-state index in [1.807, 2.05) is 43.5 Å². The summed E-state index contributed by atoms with van der Waals surface area (Å²) in [6.45, 7) is 3.48. The lowest BCUT2D eigenvalue weighted by Crippen LogP contribution is -1.97. The van der Waals surface area contributed by atoms with Gasteiger partial charge in [-0.3, -0.25) is 9.78 Å². The van der Waals surface area contributed by atoms with Gasteiger partial charge in [0, 0.05) is 38.4 Å². The van der Waals surface area contributed by atoms with E-state index < -0.39 is 0 Å². The molecule has 2 aromatic carbocycles. The Bertz CT molecular complexity index is 996.